The second-order valence-corrected chi connectivity index (χ2v) is 4.74. The maximum atomic E-state index is 13.6. The number of hydrogen-bond acceptors (Lipinski definition) is 2. The van der Waals surface area contributed by atoms with Gasteiger partial charge < -0.3 is 10.2 Å². The van der Waals surface area contributed by atoms with Crippen LogP contribution in [0.1, 0.15) is 5.56 Å². The number of nitrogens with one attached hydrogen (secondary N) is 1. The van der Waals surface area contributed by atoms with Crippen molar-refractivity contribution >= 4 is 34.2 Å². The van der Waals surface area contributed by atoms with Gasteiger partial charge in [0.05, 0.1) is 6.54 Å². The summed E-state index contributed by atoms with van der Waals surface area (Å²) in [7, 11) is 1.70. The van der Waals surface area contributed by atoms with Gasteiger partial charge in [0.1, 0.15) is 5.82 Å². The van der Waals surface area contributed by atoms with Gasteiger partial charge in [-0.05, 0) is 25.2 Å². The van der Waals surface area contributed by atoms with Gasteiger partial charge in [0.25, 0.3) is 0 Å². The zero-order chi connectivity index (χ0) is 13.5. The summed E-state index contributed by atoms with van der Waals surface area (Å²) in [6.45, 7) is 4.46. The number of likely N-dealkylation sites (N-methyl/N-ethyl adjacent to an activating group) is 1. The number of rotatable bonds is 6. The molecule has 106 valence electrons. The lowest BCUT2D eigenvalue weighted by molar-refractivity contribution is -0.130. The van der Waals surface area contributed by atoms with E-state index in [2.05, 4.69) is 27.8 Å². The Labute approximate surface area is 127 Å². The highest BCUT2D eigenvalue weighted by molar-refractivity contribution is 9.10. The molecule has 3 nitrogen and oxygen atoms in total. The molecule has 0 aliphatic rings. The molecule has 0 spiro atoms. The fraction of sp³-hybridized carbons (Fsp3) is 0.308. The monoisotopic (exact) mass is 350 g/mol. The molecule has 1 rings (SSSR count). The molecule has 0 aromatic heterocycles. The van der Waals surface area contributed by atoms with Crippen molar-refractivity contribution in [3.63, 3.8) is 0 Å². The van der Waals surface area contributed by atoms with E-state index in [0.29, 0.717) is 12.1 Å². The summed E-state index contributed by atoms with van der Waals surface area (Å²) in [6, 6.07) is 4.69. The molecule has 1 amide bonds. The Morgan fingerprint density at radius 2 is 2.26 bits per heavy atom. The summed E-state index contributed by atoms with van der Waals surface area (Å²) in [5.74, 6) is -0.402. The second kappa shape index (κ2) is 9.07. The minimum absolute atomic E-state index is 0. The quantitative estimate of drug-likeness (QED) is 0.799. The van der Waals surface area contributed by atoms with Crippen LogP contribution < -0.4 is 5.32 Å². The zero-order valence-electron chi connectivity index (χ0n) is 10.7. The smallest absolute Gasteiger partial charge is 0.237 e. The standard InChI is InChI=1S/C13H16BrFN2O.ClH/c1-3-6-17(13(18)8-16-2)9-10-7-11(14)4-5-12(10)15;/h3-5,7,16H,1,6,8-9H2,2H3;1H. The largest absolute Gasteiger partial charge is 0.333 e. The number of carbonyl (C=O) groups is 1. The van der Waals surface area contributed by atoms with Crippen molar-refractivity contribution < 1.29 is 9.18 Å². The van der Waals surface area contributed by atoms with E-state index in [0.717, 1.165) is 4.47 Å². The Bertz CT molecular complexity index is 443. The fourth-order valence-electron chi connectivity index (χ4n) is 1.54. The van der Waals surface area contributed by atoms with Crippen LogP contribution in [0.25, 0.3) is 0 Å². The summed E-state index contributed by atoms with van der Waals surface area (Å²) in [5.41, 5.74) is 0.482. The van der Waals surface area contributed by atoms with Gasteiger partial charge in [-0.1, -0.05) is 22.0 Å². The average Bonchev–Trinajstić information content (AvgIpc) is 2.33. The first-order valence-electron chi connectivity index (χ1n) is 5.55. The lowest BCUT2D eigenvalue weighted by Crippen LogP contribution is -2.37. The molecule has 0 radical (unpaired) electrons. The van der Waals surface area contributed by atoms with E-state index in [1.807, 2.05) is 0 Å². The third kappa shape index (κ3) is 5.72. The topological polar surface area (TPSA) is 32.3 Å². The molecular formula is C13H17BrClFN2O. The summed E-state index contributed by atoms with van der Waals surface area (Å²) in [6.07, 6.45) is 1.63. The van der Waals surface area contributed by atoms with Gasteiger partial charge in [0, 0.05) is 23.1 Å². The minimum atomic E-state index is -0.315. The van der Waals surface area contributed by atoms with Crippen LogP contribution in [0.4, 0.5) is 4.39 Å². The summed E-state index contributed by atoms with van der Waals surface area (Å²) < 4.78 is 14.4. The highest BCUT2D eigenvalue weighted by Gasteiger charge is 2.14. The normalized spacial score (nSPS) is 9.63. The molecule has 0 saturated carbocycles. The Morgan fingerprint density at radius 3 is 2.84 bits per heavy atom. The van der Waals surface area contributed by atoms with Gasteiger partial charge >= 0.3 is 0 Å². The number of halogens is 3. The van der Waals surface area contributed by atoms with Gasteiger partial charge in [0.2, 0.25) is 5.91 Å². The summed E-state index contributed by atoms with van der Waals surface area (Å²) >= 11 is 3.29. The molecular weight excluding hydrogens is 335 g/mol. The van der Waals surface area contributed by atoms with Crippen LogP contribution in [0.5, 0.6) is 0 Å². The molecule has 1 aromatic carbocycles. The Kier molecular flexibility index (Phi) is 8.63. The minimum Gasteiger partial charge on any atom is -0.333 e. The van der Waals surface area contributed by atoms with Crippen LogP contribution in [0, 0.1) is 5.82 Å². The van der Waals surface area contributed by atoms with Crippen molar-refractivity contribution in [1.82, 2.24) is 10.2 Å². The van der Waals surface area contributed by atoms with Crippen LogP contribution in [-0.2, 0) is 11.3 Å². The van der Waals surface area contributed by atoms with Crippen molar-refractivity contribution in [2.45, 2.75) is 6.54 Å². The highest BCUT2D eigenvalue weighted by Crippen LogP contribution is 2.17. The van der Waals surface area contributed by atoms with Crippen LogP contribution in [0.15, 0.2) is 35.3 Å². The lowest BCUT2D eigenvalue weighted by Gasteiger charge is -2.21. The fourth-order valence-corrected chi connectivity index (χ4v) is 1.95. The van der Waals surface area contributed by atoms with Gasteiger partial charge in [-0.25, -0.2) is 4.39 Å². The van der Waals surface area contributed by atoms with E-state index < -0.39 is 0 Å². The van der Waals surface area contributed by atoms with Crippen molar-refractivity contribution in [3.05, 3.63) is 46.7 Å². The predicted octanol–water partition coefficient (Wildman–Crippen LogP) is 2.74. The van der Waals surface area contributed by atoms with Crippen LogP contribution in [0.3, 0.4) is 0 Å². The van der Waals surface area contributed by atoms with E-state index in [1.165, 1.54) is 6.07 Å². The number of nitrogens with zero attached hydrogens (tertiary/aromatic N) is 1. The van der Waals surface area contributed by atoms with Crippen LogP contribution in [0.2, 0.25) is 0 Å². The second-order valence-electron chi connectivity index (χ2n) is 3.83. The zero-order valence-corrected chi connectivity index (χ0v) is 13.1. The van der Waals surface area contributed by atoms with E-state index >= 15 is 0 Å². The highest BCUT2D eigenvalue weighted by atomic mass is 79.9. The van der Waals surface area contributed by atoms with Gasteiger partial charge in [-0.3, -0.25) is 4.79 Å². The molecule has 1 N–H and O–H groups in total. The molecule has 0 bridgehead atoms. The third-order valence-corrected chi connectivity index (χ3v) is 2.89. The first-order chi connectivity index (χ1) is 8.58. The van der Waals surface area contributed by atoms with Crippen LogP contribution in [-0.4, -0.2) is 30.9 Å². The van der Waals surface area contributed by atoms with Crippen molar-refractivity contribution in [2.75, 3.05) is 20.1 Å². The number of benzene rings is 1. The molecule has 6 heteroatoms. The van der Waals surface area contributed by atoms with E-state index in [-0.39, 0.29) is 37.2 Å². The molecule has 1 aromatic rings. The Hall–Kier alpha value is -0.910. The van der Waals surface area contributed by atoms with E-state index in [1.54, 1.807) is 30.2 Å². The van der Waals surface area contributed by atoms with Gasteiger partial charge in [-0.2, -0.15) is 0 Å². The molecule has 0 atom stereocenters. The summed E-state index contributed by atoms with van der Waals surface area (Å²) in [4.78, 5) is 13.4. The van der Waals surface area contributed by atoms with Crippen molar-refractivity contribution in [1.29, 1.82) is 0 Å². The average molecular weight is 352 g/mol. The summed E-state index contributed by atoms with van der Waals surface area (Å²) in [5, 5.41) is 2.79. The SMILES string of the molecule is C=CCN(Cc1cc(Br)ccc1F)C(=O)CNC.Cl. The Morgan fingerprint density at radius 1 is 1.58 bits per heavy atom. The third-order valence-electron chi connectivity index (χ3n) is 2.40. The Balaban J connectivity index is 0.00000324. The number of amides is 1. The number of carbonyl (C=O) groups excluding carboxylic acids is 1. The number of hydrogen-bond donors (Lipinski definition) is 1. The van der Waals surface area contributed by atoms with Gasteiger partial charge in [-0.15, -0.1) is 19.0 Å². The molecule has 0 aliphatic carbocycles. The van der Waals surface area contributed by atoms with Crippen molar-refractivity contribution in [2.24, 2.45) is 0 Å². The van der Waals surface area contributed by atoms with Crippen molar-refractivity contribution in [3.8, 4) is 0 Å². The molecule has 0 heterocycles. The molecule has 0 saturated heterocycles. The first kappa shape index (κ1) is 18.1. The maximum Gasteiger partial charge on any atom is 0.237 e. The molecule has 0 unspecified atom stereocenters. The molecule has 19 heavy (non-hydrogen) atoms. The van der Waals surface area contributed by atoms with E-state index in [9.17, 15) is 9.18 Å². The molecule has 0 fully saturated rings. The predicted molar refractivity (Wildman–Crippen MR) is 80.9 cm³/mol. The first-order valence-corrected chi connectivity index (χ1v) is 6.35. The lowest BCUT2D eigenvalue weighted by atomic mass is 10.2. The maximum absolute atomic E-state index is 13.6. The van der Waals surface area contributed by atoms with Crippen LogP contribution >= 0.6 is 28.3 Å². The van der Waals surface area contributed by atoms with Gasteiger partial charge in [0.15, 0.2) is 0 Å². The molecule has 0 aliphatic heterocycles. The van der Waals surface area contributed by atoms with E-state index in [4.69, 9.17) is 0 Å².